The van der Waals surface area contributed by atoms with Crippen molar-refractivity contribution in [3.63, 3.8) is 0 Å². The minimum absolute atomic E-state index is 0.0775. The molecule has 0 spiro atoms. The van der Waals surface area contributed by atoms with Crippen LogP contribution in [0.15, 0.2) is 30.3 Å². The molecule has 0 aromatic heterocycles. The van der Waals surface area contributed by atoms with Gasteiger partial charge in [-0.2, -0.15) is 0 Å². The summed E-state index contributed by atoms with van der Waals surface area (Å²) in [5.41, 5.74) is 0.0219. The summed E-state index contributed by atoms with van der Waals surface area (Å²) in [4.78, 5) is 15.7. The average Bonchev–Trinajstić information content (AvgIpc) is 3.21. The first-order valence-electron chi connectivity index (χ1n) is 11.9. The molecule has 1 atom stereocenters. The summed E-state index contributed by atoms with van der Waals surface area (Å²) in [5.74, 6) is -0.162. The summed E-state index contributed by atoms with van der Waals surface area (Å²) in [6, 6.07) is 10.5. The molecule has 4 rings (SSSR count). The third-order valence-electron chi connectivity index (χ3n) is 7.53. The van der Waals surface area contributed by atoms with Crippen molar-refractivity contribution in [2.45, 2.75) is 88.9 Å². The Kier molecular flexibility index (Phi) is 6.92. The molecule has 1 aromatic carbocycles. The standard InChI is InChI=1S/C25H37NO3/c27-24(29-23-16-17-26(19-23)18-20-10-4-1-5-11-20)25(28,21-12-6-2-7-13-21)22-14-8-3-9-15-22/h1,4-5,10-11,21-23,28H,2-3,6-9,12-19H2. The van der Waals surface area contributed by atoms with Gasteiger partial charge >= 0.3 is 5.97 Å². The third kappa shape index (κ3) is 4.86. The Balaban J connectivity index is 1.40. The van der Waals surface area contributed by atoms with Crippen LogP contribution in [0.5, 0.6) is 0 Å². The molecule has 4 nitrogen and oxygen atoms in total. The lowest BCUT2D eigenvalue weighted by atomic mass is 9.66. The maximum Gasteiger partial charge on any atom is 0.339 e. The van der Waals surface area contributed by atoms with Crippen molar-refractivity contribution in [3.8, 4) is 0 Å². The second kappa shape index (κ2) is 9.61. The molecule has 1 heterocycles. The highest BCUT2D eigenvalue weighted by molar-refractivity contribution is 5.80. The number of hydrogen-bond donors (Lipinski definition) is 1. The molecule has 160 valence electrons. The first-order chi connectivity index (χ1) is 14.2. The molecule has 3 aliphatic rings. The summed E-state index contributed by atoms with van der Waals surface area (Å²) in [5, 5.41) is 11.8. The average molecular weight is 400 g/mol. The molecule has 1 aliphatic heterocycles. The lowest BCUT2D eigenvalue weighted by Gasteiger charge is -2.43. The van der Waals surface area contributed by atoms with Crippen molar-refractivity contribution in [2.75, 3.05) is 13.1 Å². The van der Waals surface area contributed by atoms with Crippen LogP contribution < -0.4 is 0 Å². The number of aliphatic hydroxyl groups is 1. The number of likely N-dealkylation sites (tertiary alicyclic amines) is 1. The Morgan fingerprint density at radius 1 is 0.931 bits per heavy atom. The lowest BCUT2D eigenvalue weighted by molar-refractivity contribution is -0.189. The van der Waals surface area contributed by atoms with Gasteiger partial charge in [0.05, 0.1) is 0 Å². The molecule has 2 saturated carbocycles. The van der Waals surface area contributed by atoms with E-state index in [1.165, 1.54) is 18.4 Å². The van der Waals surface area contributed by atoms with Gasteiger partial charge in [-0.3, -0.25) is 4.90 Å². The second-order valence-electron chi connectivity index (χ2n) is 9.53. The molecule has 0 radical (unpaired) electrons. The fraction of sp³-hybridized carbons (Fsp3) is 0.720. The molecule has 1 aromatic rings. The summed E-state index contributed by atoms with van der Waals surface area (Å²) < 4.78 is 6.02. The fourth-order valence-corrected chi connectivity index (χ4v) is 5.88. The van der Waals surface area contributed by atoms with E-state index >= 15 is 0 Å². The number of carbonyl (C=O) groups excluding carboxylic acids is 1. The van der Waals surface area contributed by atoms with Crippen molar-refractivity contribution in [2.24, 2.45) is 11.8 Å². The largest absolute Gasteiger partial charge is 0.459 e. The number of carbonyl (C=O) groups is 1. The van der Waals surface area contributed by atoms with Gasteiger partial charge in [0.2, 0.25) is 0 Å². The molecule has 1 saturated heterocycles. The number of ether oxygens (including phenoxy) is 1. The molecule has 29 heavy (non-hydrogen) atoms. The van der Waals surface area contributed by atoms with Gasteiger partial charge in [-0.15, -0.1) is 0 Å². The number of benzene rings is 1. The smallest absolute Gasteiger partial charge is 0.339 e. The predicted octanol–water partition coefficient (Wildman–Crippen LogP) is 4.70. The Hall–Kier alpha value is -1.39. The van der Waals surface area contributed by atoms with E-state index in [-0.39, 0.29) is 23.9 Å². The van der Waals surface area contributed by atoms with E-state index in [9.17, 15) is 9.90 Å². The highest BCUT2D eigenvalue weighted by atomic mass is 16.6. The number of rotatable bonds is 6. The van der Waals surface area contributed by atoms with E-state index in [0.29, 0.717) is 0 Å². The van der Waals surface area contributed by atoms with E-state index in [1.807, 2.05) is 6.07 Å². The Labute approximate surface area is 175 Å². The lowest BCUT2D eigenvalue weighted by Crippen LogP contribution is -2.55. The van der Waals surface area contributed by atoms with Crippen LogP contribution in [0.25, 0.3) is 0 Å². The normalized spacial score (nSPS) is 25.2. The van der Waals surface area contributed by atoms with Crippen LogP contribution in [0.4, 0.5) is 0 Å². The quantitative estimate of drug-likeness (QED) is 0.705. The Morgan fingerprint density at radius 2 is 1.52 bits per heavy atom. The Bertz CT molecular complexity index is 631. The SMILES string of the molecule is O=C(OC1CCN(Cc2ccccc2)C1)C(O)(C1CCCCC1)C1CCCCC1. The number of hydrogen-bond acceptors (Lipinski definition) is 4. The van der Waals surface area contributed by atoms with Gasteiger partial charge in [-0.25, -0.2) is 4.79 Å². The minimum Gasteiger partial charge on any atom is -0.459 e. The van der Waals surface area contributed by atoms with Crippen LogP contribution in [0.2, 0.25) is 0 Å². The molecule has 0 bridgehead atoms. The van der Waals surface area contributed by atoms with E-state index in [0.717, 1.165) is 77.4 Å². The van der Waals surface area contributed by atoms with E-state index in [4.69, 9.17) is 4.74 Å². The highest BCUT2D eigenvalue weighted by Crippen LogP contribution is 2.44. The zero-order valence-electron chi connectivity index (χ0n) is 17.7. The van der Waals surface area contributed by atoms with Crippen molar-refractivity contribution < 1.29 is 14.6 Å². The summed E-state index contributed by atoms with van der Waals surface area (Å²) in [6.07, 6.45) is 11.6. The third-order valence-corrected chi connectivity index (χ3v) is 7.53. The summed E-state index contributed by atoms with van der Waals surface area (Å²) >= 11 is 0. The molecule has 4 heteroatoms. The van der Waals surface area contributed by atoms with Gasteiger partial charge in [0.15, 0.2) is 5.60 Å². The first kappa shape index (κ1) is 20.9. The molecule has 1 unspecified atom stereocenters. The molecular weight excluding hydrogens is 362 g/mol. The number of esters is 1. The molecular formula is C25H37NO3. The second-order valence-corrected chi connectivity index (χ2v) is 9.53. The van der Waals surface area contributed by atoms with Crippen LogP contribution in [0.1, 0.15) is 76.2 Å². The van der Waals surface area contributed by atoms with Crippen LogP contribution in [-0.4, -0.2) is 40.8 Å². The van der Waals surface area contributed by atoms with Crippen LogP contribution >= 0.6 is 0 Å². The molecule has 1 N–H and O–H groups in total. The van der Waals surface area contributed by atoms with Crippen molar-refractivity contribution in [3.05, 3.63) is 35.9 Å². The monoisotopic (exact) mass is 399 g/mol. The van der Waals surface area contributed by atoms with Crippen LogP contribution in [-0.2, 0) is 16.1 Å². The maximum atomic E-state index is 13.4. The van der Waals surface area contributed by atoms with Crippen LogP contribution in [0.3, 0.4) is 0 Å². The van der Waals surface area contributed by atoms with Crippen molar-refractivity contribution in [1.82, 2.24) is 4.90 Å². The summed E-state index contributed by atoms with van der Waals surface area (Å²) in [6.45, 7) is 2.61. The molecule has 0 amide bonds. The Morgan fingerprint density at radius 3 is 2.10 bits per heavy atom. The molecule has 2 aliphatic carbocycles. The van der Waals surface area contributed by atoms with Gasteiger partial charge in [0, 0.05) is 19.6 Å². The van der Waals surface area contributed by atoms with Gasteiger partial charge in [-0.05, 0) is 49.5 Å². The predicted molar refractivity (Wildman–Crippen MR) is 114 cm³/mol. The minimum atomic E-state index is -1.27. The van der Waals surface area contributed by atoms with E-state index < -0.39 is 5.60 Å². The van der Waals surface area contributed by atoms with E-state index in [1.54, 1.807) is 0 Å². The zero-order chi connectivity index (χ0) is 20.1. The molecule has 3 fully saturated rings. The first-order valence-corrected chi connectivity index (χ1v) is 11.9. The van der Waals surface area contributed by atoms with Gasteiger partial charge in [-0.1, -0.05) is 68.9 Å². The summed E-state index contributed by atoms with van der Waals surface area (Å²) in [7, 11) is 0. The van der Waals surface area contributed by atoms with Gasteiger partial charge in [0.1, 0.15) is 6.10 Å². The topological polar surface area (TPSA) is 49.8 Å². The van der Waals surface area contributed by atoms with Gasteiger partial charge < -0.3 is 9.84 Å². The maximum absolute atomic E-state index is 13.4. The highest BCUT2D eigenvalue weighted by Gasteiger charge is 2.52. The van der Waals surface area contributed by atoms with E-state index in [2.05, 4.69) is 29.2 Å². The van der Waals surface area contributed by atoms with Gasteiger partial charge in [0.25, 0.3) is 0 Å². The van der Waals surface area contributed by atoms with Crippen molar-refractivity contribution in [1.29, 1.82) is 0 Å². The van der Waals surface area contributed by atoms with Crippen molar-refractivity contribution >= 4 is 5.97 Å². The van der Waals surface area contributed by atoms with Crippen LogP contribution in [0, 0.1) is 11.8 Å². The zero-order valence-corrected chi connectivity index (χ0v) is 17.7. The number of nitrogens with zero attached hydrogens (tertiary/aromatic N) is 1. The fourth-order valence-electron chi connectivity index (χ4n) is 5.88.